The average Bonchev–Trinajstić information content (AvgIpc) is 2.60. The van der Waals surface area contributed by atoms with Crippen molar-refractivity contribution in [2.24, 2.45) is 0 Å². The first kappa shape index (κ1) is 8.52. The lowest BCUT2D eigenvalue weighted by molar-refractivity contribution is 0.164. The van der Waals surface area contributed by atoms with Crippen molar-refractivity contribution in [2.75, 3.05) is 7.11 Å². The van der Waals surface area contributed by atoms with Crippen LogP contribution in [0.3, 0.4) is 0 Å². The molecule has 1 atom stereocenters. The normalized spacial score (nSPS) is 16.6. The fourth-order valence-corrected chi connectivity index (χ4v) is 1.82. The van der Waals surface area contributed by atoms with Gasteiger partial charge in [0.2, 0.25) is 0 Å². The van der Waals surface area contributed by atoms with Gasteiger partial charge in [-0.1, -0.05) is 30.3 Å². The fourth-order valence-electron chi connectivity index (χ4n) is 1.82. The number of hydrogen-bond donors (Lipinski definition) is 0. The summed E-state index contributed by atoms with van der Waals surface area (Å²) in [6, 6.07) is 8.53. The summed E-state index contributed by atoms with van der Waals surface area (Å²) in [5.74, 6) is 0. The van der Waals surface area contributed by atoms with Gasteiger partial charge in [-0.3, -0.25) is 0 Å². The van der Waals surface area contributed by atoms with Gasteiger partial charge in [0.05, 0.1) is 6.10 Å². The highest BCUT2D eigenvalue weighted by molar-refractivity contribution is 5.75. The monoisotopic (exact) mass is 174 g/mol. The zero-order valence-electron chi connectivity index (χ0n) is 8.08. The molecule has 0 aromatic heterocycles. The Labute approximate surface area is 79.0 Å². The van der Waals surface area contributed by atoms with Gasteiger partial charge in [0.15, 0.2) is 0 Å². The number of allylic oxidation sites excluding steroid dienone is 1. The largest absolute Gasteiger partial charge is 0.377 e. The van der Waals surface area contributed by atoms with Crippen molar-refractivity contribution in [3.05, 3.63) is 41.5 Å². The highest BCUT2D eigenvalue weighted by atomic mass is 16.5. The van der Waals surface area contributed by atoms with E-state index in [4.69, 9.17) is 4.74 Å². The van der Waals surface area contributed by atoms with E-state index in [2.05, 4.69) is 37.3 Å². The van der Waals surface area contributed by atoms with Gasteiger partial charge in [-0.15, -0.1) is 0 Å². The Bertz CT molecular complexity index is 339. The third-order valence-electron chi connectivity index (χ3n) is 2.66. The number of ether oxygens (including phenoxy) is 1. The molecule has 0 radical (unpaired) electrons. The minimum Gasteiger partial charge on any atom is -0.377 e. The van der Waals surface area contributed by atoms with E-state index in [9.17, 15) is 0 Å². The maximum Gasteiger partial charge on any atom is 0.0795 e. The first-order valence-corrected chi connectivity index (χ1v) is 4.64. The summed E-state index contributed by atoms with van der Waals surface area (Å²) < 4.78 is 5.32. The summed E-state index contributed by atoms with van der Waals surface area (Å²) in [7, 11) is 1.76. The van der Waals surface area contributed by atoms with Crippen LogP contribution in [0.25, 0.3) is 5.57 Å². The summed E-state index contributed by atoms with van der Waals surface area (Å²) in [5, 5.41) is 0. The molecule has 0 fully saturated rings. The van der Waals surface area contributed by atoms with Crippen LogP contribution in [-0.2, 0) is 11.2 Å². The quantitative estimate of drug-likeness (QED) is 0.669. The molecule has 0 saturated heterocycles. The molecule has 0 heterocycles. The van der Waals surface area contributed by atoms with E-state index in [0.29, 0.717) is 0 Å². The van der Waals surface area contributed by atoms with Crippen molar-refractivity contribution in [2.45, 2.75) is 19.4 Å². The first-order chi connectivity index (χ1) is 6.33. The highest BCUT2D eigenvalue weighted by Crippen LogP contribution is 2.30. The number of fused-ring (bicyclic) bond motifs is 1. The van der Waals surface area contributed by atoms with Crippen LogP contribution in [0.15, 0.2) is 30.3 Å². The number of rotatable bonds is 2. The molecule has 0 saturated carbocycles. The lowest BCUT2D eigenvalue weighted by Gasteiger charge is -2.12. The van der Waals surface area contributed by atoms with Crippen LogP contribution in [0.2, 0.25) is 0 Å². The van der Waals surface area contributed by atoms with Crippen LogP contribution in [-0.4, -0.2) is 13.2 Å². The summed E-state index contributed by atoms with van der Waals surface area (Å²) in [6.07, 6.45) is 3.53. The Hall–Kier alpha value is -1.08. The molecule has 0 N–H and O–H groups in total. The highest BCUT2D eigenvalue weighted by Gasteiger charge is 2.17. The fraction of sp³-hybridized carbons (Fsp3) is 0.333. The molecule has 1 aliphatic rings. The van der Waals surface area contributed by atoms with E-state index >= 15 is 0 Å². The van der Waals surface area contributed by atoms with E-state index in [0.717, 1.165) is 6.42 Å². The Kier molecular flexibility index (Phi) is 2.19. The molecule has 1 aromatic carbocycles. The second kappa shape index (κ2) is 3.35. The van der Waals surface area contributed by atoms with Crippen LogP contribution in [0.1, 0.15) is 18.1 Å². The molecule has 1 aromatic rings. The van der Waals surface area contributed by atoms with Crippen LogP contribution >= 0.6 is 0 Å². The topological polar surface area (TPSA) is 9.23 Å². The van der Waals surface area contributed by atoms with E-state index in [1.54, 1.807) is 7.11 Å². The molecule has 1 nitrogen and oxygen atoms in total. The Morgan fingerprint density at radius 3 is 2.85 bits per heavy atom. The van der Waals surface area contributed by atoms with Gasteiger partial charge in [0, 0.05) is 7.11 Å². The van der Waals surface area contributed by atoms with Crippen LogP contribution in [0.4, 0.5) is 0 Å². The molecule has 2 rings (SSSR count). The molecular weight excluding hydrogens is 160 g/mol. The molecule has 0 spiro atoms. The van der Waals surface area contributed by atoms with E-state index in [-0.39, 0.29) is 6.10 Å². The minimum absolute atomic E-state index is 0.212. The predicted octanol–water partition coefficient (Wildman–Crippen LogP) is 2.66. The van der Waals surface area contributed by atoms with Crippen LogP contribution in [0.5, 0.6) is 0 Å². The van der Waals surface area contributed by atoms with Crippen molar-refractivity contribution < 1.29 is 4.74 Å². The molecular formula is C12H14O. The summed E-state index contributed by atoms with van der Waals surface area (Å²) in [6.45, 7) is 2.09. The van der Waals surface area contributed by atoms with Crippen molar-refractivity contribution >= 4 is 5.57 Å². The average molecular weight is 174 g/mol. The molecule has 0 bridgehead atoms. The van der Waals surface area contributed by atoms with Gasteiger partial charge < -0.3 is 4.74 Å². The molecule has 1 heteroatoms. The minimum atomic E-state index is 0.212. The third-order valence-corrected chi connectivity index (χ3v) is 2.66. The van der Waals surface area contributed by atoms with Gasteiger partial charge in [-0.05, 0) is 30.0 Å². The zero-order valence-corrected chi connectivity index (χ0v) is 8.08. The number of hydrogen-bond acceptors (Lipinski definition) is 1. The van der Waals surface area contributed by atoms with Crippen LogP contribution in [0, 0.1) is 0 Å². The van der Waals surface area contributed by atoms with Crippen molar-refractivity contribution in [3.63, 3.8) is 0 Å². The third kappa shape index (κ3) is 1.40. The Morgan fingerprint density at radius 1 is 1.31 bits per heavy atom. The standard InChI is InChI=1S/C12H14O/c1-9(13-2)11-8-7-10-5-3-4-6-12(10)11/h3-6,8-9H,7H2,1-2H3. The van der Waals surface area contributed by atoms with Gasteiger partial charge in [0.1, 0.15) is 0 Å². The first-order valence-electron chi connectivity index (χ1n) is 4.64. The van der Waals surface area contributed by atoms with E-state index < -0.39 is 0 Å². The van der Waals surface area contributed by atoms with Crippen LogP contribution < -0.4 is 0 Å². The lowest BCUT2D eigenvalue weighted by Crippen LogP contribution is -2.06. The van der Waals surface area contributed by atoms with E-state index in [1.165, 1.54) is 16.7 Å². The maximum absolute atomic E-state index is 5.32. The van der Waals surface area contributed by atoms with Gasteiger partial charge in [-0.2, -0.15) is 0 Å². The zero-order chi connectivity index (χ0) is 9.26. The molecule has 68 valence electrons. The van der Waals surface area contributed by atoms with Crippen molar-refractivity contribution in [1.29, 1.82) is 0 Å². The summed E-state index contributed by atoms with van der Waals surface area (Å²) in [5.41, 5.74) is 4.11. The van der Waals surface area contributed by atoms with Crippen molar-refractivity contribution in [1.82, 2.24) is 0 Å². The summed E-state index contributed by atoms with van der Waals surface area (Å²) >= 11 is 0. The number of benzene rings is 1. The Morgan fingerprint density at radius 2 is 2.08 bits per heavy atom. The number of methoxy groups -OCH3 is 1. The smallest absolute Gasteiger partial charge is 0.0795 e. The van der Waals surface area contributed by atoms with Gasteiger partial charge in [0.25, 0.3) is 0 Å². The van der Waals surface area contributed by atoms with E-state index in [1.807, 2.05) is 0 Å². The predicted molar refractivity (Wildman–Crippen MR) is 54.6 cm³/mol. The van der Waals surface area contributed by atoms with Crippen molar-refractivity contribution in [3.8, 4) is 0 Å². The molecule has 0 amide bonds. The maximum atomic E-state index is 5.32. The molecule has 13 heavy (non-hydrogen) atoms. The molecule has 1 aliphatic carbocycles. The second-order valence-corrected chi connectivity index (χ2v) is 3.40. The SMILES string of the molecule is COC(C)C1=CCc2ccccc21. The summed E-state index contributed by atoms with van der Waals surface area (Å²) in [4.78, 5) is 0. The lowest BCUT2D eigenvalue weighted by atomic mass is 10.0. The second-order valence-electron chi connectivity index (χ2n) is 3.40. The van der Waals surface area contributed by atoms with Gasteiger partial charge >= 0.3 is 0 Å². The van der Waals surface area contributed by atoms with Gasteiger partial charge in [-0.25, -0.2) is 0 Å². The molecule has 0 aliphatic heterocycles. The Balaban J connectivity index is 2.36. The molecule has 1 unspecified atom stereocenters.